The number of hydrogen-bond acceptors (Lipinski definition) is 1. The number of hydrogen-bond donors (Lipinski definition) is 0. The number of anilines is 3. The first-order chi connectivity index (χ1) is 31.8. The molecule has 1 heteroatoms. The molecule has 2 aliphatic rings. The molecule has 0 N–H and O–H groups in total. The van der Waals surface area contributed by atoms with Crippen LogP contribution in [0.2, 0.25) is 0 Å². The normalized spacial score (nSPS) is 16.8. The fourth-order valence-electron chi connectivity index (χ4n) is 11.3. The maximum absolute atomic E-state index is 2.50. The summed E-state index contributed by atoms with van der Waals surface area (Å²) in [5.41, 5.74) is 21.8. The molecule has 2 aliphatic carbocycles. The quantitative estimate of drug-likeness (QED) is 0.133. The fourth-order valence-corrected chi connectivity index (χ4v) is 11.3. The molecule has 11 rings (SSSR count). The number of nitrogens with zero attached hydrogens (tertiary/aromatic N) is 1. The smallest absolute Gasteiger partial charge is 0.0714 e. The Kier molecular flexibility index (Phi) is 10.0. The van der Waals surface area contributed by atoms with E-state index in [-0.39, 0.29) is 0 Å². The molecule has 0 amide bonds. The summed E-state index contributed by atoms with van der Waals surface area (Å²) in [6, 6.07) is 83.1. The van der Waals surface area contributed by atoms with E-state index in [0.717, 1.165) is 23.5 Å². The fraction of sp³-hybridized carbons (Fsp3) is 0.156. The van der Waals surface area contributed by atoms with Gasteiger partial charge in [0.1, 0.15) is 0 Å². The topological polar surface area (TPSA) is 3.24 Å². The molecule has 316 valence electrons. The van der Waals surface area contributed by atoms with E-state index in [4.69, 9.17) is 0 Å². The van der Waals surface area contributed by atoms with Gasteiger partial charge in [0.15, 0.2) is 0 Å². The molecule has 0 aliphatic heterocycles. The second-order valence-electron chi connectivity index (χ2n) is 18.7. The largest absolute Gasteiger partial charge is 0.310 e. The van der Waals surface area contributed by atoms with Crippen molar-refractivity contribution in [1.82, 2.24) is 0 Å². The Bertz CT molecular complexity index is 2970. The molecular formula is C64H55N. The summed E-state index contributed by atoms with van der Waals surface area (Å²) < 4.78 is 0. The monoisotopic (exact) mass is 837 g/mol. The van der Waals surface area contributed by atoms with Crippen LogP contribution in [0, 0.1) is 0 Å². The van der Waals surface area contributed by atoms with Crippen molar-refractivity contribution in [2.75, 3.05) is 4.90 Å². The highest BCUT2D eigenvalue weighted by Gasteiger charge is 2.48. The van der Waals surface area contributed by atoms with Crippen molar-refractivity contribution < 1.29 is 0 Å². The van der Waals surface area contributed by atoms with E-state index < -0.39 is 10.8 Å². The predicted molar refractivity (Wildman–Crippen MR) is 273 cm³/mol. The first-order valence-corrected chi connectivity index (χ1v) is 23.5. The number of benzene rings is 9. The van der Waals surface area contributed by atoms with Gasteiger partial charge in [-0.1, -0.05) is 217 Å². The van der Waals surface area contributed by atoms with Gasteiger partial charge in [0.05, 0.1) is 10.8 Å². The Morgan fingerprint density at radius 2 is 0.692 bits per heavy atom. The number of fused-ring (bicyclic) bond motifs is 6. The van der Waals surface area contributed by atoms with E-state index in [1.807, 2.05) is 0 Å². The van der Waals surface area contributed by atoms with Gasteiger partial charge in [0.25, 0.3) is 0 Å². The molecule has 0 fully saturated rings. The third-order valence-electron chi connectivity index (χ3n) is 14.6. The standard InChI is InChI=1S/C64H55N/c1-6-45-25-35-52(36-26-45)65(53-37-39-57-55-21-13-15-23-59(55)63(61(57)41-53,48-17-9-7-10-18-48)50-31-27-46(28-32-50)43(2)3)54-38-40-58-56-22-14-16-24-60(56)64(62(58)42-54,49-19-11-8-12-20-49)51-33-29-47(30-34-51)44(4)5/h7-44H,6H2,1-5H3. The molecule has 9 aromatic carbocycles. The lowest BCUT2D eigenvalue weighted by atomic mass is 9.67. The van der Waals surface area contributed by atoms with Gasteiger partial charge in [0, 0.05) is 17.1 Å². The zero-order valence-electron chi connectivity index (χ0n) is 38.1. The minimum absolute atomic E-state index is 0.444. The summed E-state index contributed by atoms with van der Waals surface area (Å²) in [7, 11) is 0. The van der Waals surface area contributed by atoms with Crippen molar-refractivity contribution in [1.29, 1.82) is 0 Å². The van der Waals surface area contributed by atoms with E-state index in [1.165, 1.54) is 83.5 Å². The van der Waals surface area contributed by atoms with Crippen LogP contribution in [0.4, 0.5) is 17.1 Å². The van der Waals surface area contributed by atoms with Gasteiger partial charge >= 0.3 is 0 Å². The molecule has 0 saturated carbocycles. The molecule has 1 nitrogen and oxygen atoms in total. The molecule has 2 unspecified atom stereocenters. The van der Waals surface area contributed by atoms with Crippen LogP contribution in [0.15, 0.2) is 218 Å². The number of aryl methyl sites for hydroxylation is 1. The lowest BCUT2D eigenvalue weighted by Gasteiger charge is -2.36. The summed E-state index contributed by atoms with van der Waals surface area (Å²) in [4.78, 5) is 2.50. The van der Waals surface area contributed by atoms with Gasteiger partial charge < -0.3 is 4.90 Å². The highest BCUT2D eigenvalue weighted by molar-refractivity contribution is 5.92. The predicted octanol–water partition coefficient (Wildman–Crippen LogP) is 16.7. The van der Waals surface area contributed by atoms with Crippen LogP contribution in [0.5, 0.6) is 0 Å². The molecule has 0 heterocycles. The average Bonchev–Trinajstić information content (AvgIpc) is 3.83. The van der Waals surface area contributed by atoms with Crippen LogP contribution in [-0.4, -0.2) is 0 Å². The number of rotatable bonds is 10. The molecule has 0 bridgehead atoms. The lowest BCUT2D eigenvalue weighted by Crippen LogP contribution is -2.29. The highest BCUT2D eigenvalue weighted by Crippen LogP contribution is 2.59. The molecule has 0 aromatic heterocycles. The Balaban J connectivity index is 1.18. The van der Waals surface area contributed by atoms with E-state index in [1.54, 1.807) is 0 Å². The molecular weight excluding hydrogens is 783 g/mol. The van der Waals surface area contributed by atoms with Gasteiger partial charge in [-0.25, -0.2) is 0 Å². The Morgan fingerprint density at radius 3 is 1.09 bits per heavy atom. The van der Waals surface area contributed by atoms with Gasteiger partial charge in [-0.15, -0.1) is 0 Å². The van der Waals surface area contributed by atoms with Gasteiger partial charge in [0.2, 0.25) is 0 Å². The van der Waals surface area contributed by atoms with Crippen LogP contribution < -0.4 is 4.90 Å². The van der Waals surface area contributed by atoms with E-state index in [9.17, 15) is 0 Å². The summed E-state index contributed by atoms with van der Waals surface area (Å²) in [5, 5.41) is 0. The zero-order chi connectivity index (χ0) is 44.3. The van der Waals surface area contributed by atoms with Crippen molar-refractivity contribution in [3.63, 3.8) is 0 Å². The highest BCUT2D eigenvalue weighted by atomic mass is 15.1. The van der Waals surface area contributed by atoms with E-state index >= 15 is 0 Å². The first kappa shape index (κ1) is 40.5. The third-order valence-corrected chi connectivity index (χ3v) is 14.6. The van der Waals surface area contributed by atoms with Gasteiger partial charge in [-0.3, -0.25) is 0 Å². The van der Waals surface area contributed by atoms with Crippen molar-refractivity contribution in [3.05, 3.63) is 280 Å². The maximum atomic E-state index is 2.50. The molecule has 65 heavy (non-hydrogen) atoms. The Labute approximate surface area is 385 Å². The third kappa shape index (κ3) is 6.28. The Hall–Kier alpha value is -7.22. The molecule has 0 saturated heterocycles. The zero-order valence-corrected chi connectivity index (χ0v) is 38.1. The summed E-state index contributed by atoms with van der Waals surface area (Å²) >= 11 is 0. The molecule has 0 spiro atoms. The molecule has 2 atom stereocenters. The molecule has 9 aromatic rings. The van der Waals surface area contributed by atoms with Crippen molar-refractivity contribution in [2.45, 2.75) is 63.7 Å². The lowest BCUT2D eigenvalue weighted by molar-refractivity contribution is 0.764. The van der Waals surface area contributed by atoms with Gasteiger partial charge in [-0.2, -0.15) is 0 Å². The second-order valence-corrected chi connectivity index (χ2v) is 18.7. The molecule has 0 radical (unpaired) electrons. The summed E-state index contributed by atoms with van der Waals surface area (Å²) in [6.45, 7) is 11.3. The summed E-state index contributed by atoms with van der Waals surface area (Å²) in [6.07, 6.45) is 0.985. The van der Waals surface area contributed by atoms with Crippen molar-refractivity contribution in [2.24, 2.45) is 0 Å². The average molecular weight is 838 g/mol. The van der Waals surface area contributed by atoms with Crippen LogP contribution >= 0.6 is 0 Å². The Morgan fingerprint density at radius 1 is 0.338 bits per heavy atom. The summed E-state index contributed by atoms with van der Waals surface area (Å²) in [5.74, 6) is 0.888. The van der Waals surface area contributed by atoms with E-state index in [0.29, 0.717) is 11.8 Å². The maximum Gasteiger partial charge on any atom is 0.0714 e. The minimum Gasteiger partial charge on any atom is -0.310 e. The SMILES string of the molecule is CCc1ccc(N(c2ccc3c(c2)C(c2ccccc2)(c2ccc(C(C)C)cc2)c2ccccc2-3)c2ccc3c(c2)C(c2ccccc2)(c2ccc(C(C)C)cc2)c2ccccc2-3)cc1. The van der Waals surface area contributed by atoms with Gasteiger partial charge in [-0.05, 0) is 138 Å². The van der Waals surface area contributed by atoms with Crippen molar-refractivity contribution >= 4 is 17.1 Å². The van der Waals surface area contributed by atoms with Crippen molar-refractivity contribution in [3.8, 4) is 22.3 Å². The first-order valence-electron chi connectivity index (χ1n) is 23.5. The van der Waals surface area contributed by atoms with E-state index in [2.05, 4.69) is 258 Å². The minimum atomic E-state index is -0.527. The van der Waals surface area contributed by atoms with Crippen LogP contribution in [0.1, 0.15) is 108 Å². The van der Waals surface area contributed by atoms with Crippen LogP contribution in [0.3, 0.4) is 0 Å². The van der Waals surface area contributed by atoms with Crippen LogP contribution in [-0.2, 0) is 17.3 Å². The van der Waals surface area contributed by atoms with Crippen LogP contribution in [0.25, 0.3) is 22.3 Å². The second kappa shape index (κ2) is 16.1.